The van der Waals surface area contributed by atoms with Crippen LogP contribution in [0.5, 0.6) is 0 Å². The Hall–Kier alpha value is -0.160. The smallest absolute Gasteiger partial charge is 0.0705 e. The van der Waals surface area contributed by atoms with Crippen LogP contribution < -0.4 is 5.32 Å². The molecule has 2 aromatic rings. The largest absolute Gasteiger partial charge is 0.315 e. The SMILES string of the molecule is CNCc1ccc(-c2ccc(Br)s2)s1. The van der Waals surface area contributed by atoms with Gasteiger partial charge in [-0.3, -0.25) is 0 Å². The van der Waals surface area contributed by atoms with Gasteiger partial charge < -0.3 is 5.32 Å². The zero-order valence-electron chi connectivity index (χ0n) is 7.71. The van der Waals surface area contributed by atoms with Crippen molar-refractivity contribution in [3.8, 4) is 9.75 Å². The van der Waals surface area contributed by atoms with Gasteiger partial charge in [0.05, 0.1) is 3.79 Å². The van der Waals surface area contributed by atoms with Gasteiger partial charge in [-0.15, -0.1) is 22.7 Å². The van der Waals surface area contributed by atoms with Gasteiger partial charge in [0.2, 0.25) is 0 Å². The normalized spacial score (nSPS) is 10.7. The molecule has 1 N–H and O–H groups in total. The van der Waals surface area contributed by atoms with E-state index in [4.69, 9.17) is 0 Å². The Bertz CT molecular complexity index is 419. The average Bonchev–Trinajstić information content (AvgIpc) is 2.74. The molecule has 14 heavy (non-hydrogen) atoms. The molecule has 74 valence electrons. The van der Waals surface area contributed by atoms with E-state index in [1.54, 1.807) is 11.3 Å². The summed E-state index contributed by atoms with van der Waals surface area (Å²) in [6.07, 6.45) is 0. The highest BCUT2D eigenvalue weighted by molar-refractivity contribution is 9.11. The molecule has 0 aliphatic carbocycles. The number of nitrogens with one attached hydrogen (secondary N) is 1. The summed E-state index contributed by atoms with van der Waals surface area (Å²) in [4.78, 5) is 4.07. The predicted octanol–water partition coefficient (Wildman–Crippen LogP) is 3.96. The average molecular weight is 288 g/mol. The topological polar surface area (TPSA) is 12.0 Å². The van der Waals surface area contributed by atoms with Crippen LogP contribution in [0.15, 0.2) is 28.1 Å². The third-order valence-electron chi connectivity index (χ3n) is 1.83. The summed E-state index contributed by atoms with van der Waals surface area (Å²) in [5, 5.41) is 3.16. The van der Waals surface area contributed by atoms with Crippen molar-refractivity contribution in [2.24, 2.45) is 0 Å². The molecular weight excluding hydrogens is 278 g/mol. The van der Waals surface area contributed by atoms with Gasteiger partial charge in [0.1, 0.15) is 0 Å². The highest BCUT2D eigenvalue weighted by atomic mass is 79.9. The lowest BCUT2D eigenvalue weighted by atomic mass is 10.4. The first-order valence-corrected chi connectivity index (χ1v) is 6.71. The molecule has 0 aromatic carbocycles. The molecule has 4 heteroatoms. The second-order valence-electron chi connectivity index (χ2n) is 2.90. The predicted molar refractivity (Wildman–Crippen MR) is 68.1 cm³/mol. The highest BCUT2D eigenvalue weighted by Crippen LogP contribution is 2.35. The Morgan fingerprint density at radius 3 is 2.50 bits per heavy atom. The second-order valence-corrected chi connectivity index (χ2v) is 6.53. The van der Waals surface area contributed by atoms with Crippen LogP contribution in [0.4, 0.5) is 0 Å². The Morgan fingerprint density at radius 2 is 1.86 bits per heavy atom. The van der Waals surface area contributed by atoms with E-state index in [0.717, 1.165) is 6.54 Å². The highest BCUT2D eigenvalue weighted by Gasteiger charge is 2.04. The quantitative estimate of drug-likeness (QED) is 0.901. The molecule has 0 unspecified atom stereocenters. The van der Waals surface area contributed by atoms with Crippen LogP contribution in [0, 0.1) is 0 Å². The van der Waals surface area contributed by atoms with Crippen molar-refractivity contribution in [1.82, 2.24) is 5.32 Å². The van der Waals surface area contributed by atoms with E-state index in [0.29, 0.717) is 0 Å². The van der Waals surface area contributed by atoms with Crippen LogP contribution in [-0.4, -0.2) is 7.05 Å². The molecule has 0 saturated heterocycles. The maximum Gasteiger partial charge on any atom is 0.0705 e. The molecule has 0 fully saturated rings. The number of thiophene rings is 2. The van der Waals surface area contributed by atoms with Crippen LogP contribution >= 0.6 is 38.6 Å². The summed E-state index contributed by atoms with van der Waals surface area (Å²) in [7, 11) is 1.97. The minimum atomic E-state index is 0.956. The third-order valence-corrected chi connectivity index (χ3v) is 4.73. The first-order chi connectivity index (χ1) is 6.79. The summed E-state index contributed by atoms with van der Waals surface area (Å²) < 4.78 is 1.19. The van der Waals surface area contributed by atoms with E-state index in [9.17, 15) is 0 Å². The summed E-state index contributed by atoms with van der Waals surface area (Å²) in [6, 6.07) is 8.63. The van der Waals surface area contributed by atoms with E-state index in [1.165, 1.54) is 18.4 Å². The Balaban J connectivity index is 2.24. The molecule has 0 saturated carbocycles. The Labute approximate surface area is 99.9 Å². The summed E-state index contributed by atoms with van der Waals surface area (Å²) >= 11 is 7.11. The number of rotatable bonds is 3. The summed E-state index contributed by atoms with van der Waals surface area (Å²) in [6.45, 7) is 0.956. The van der Waals surface area contributed by atoms with Gasteiger partial charge in [0.15, 0.2) is 0 Å². The van der Waals surface area contributed by atoms with E-state index >= 15 is 0 Å². The van der Waals surface area contributed by atoms with Gasteiger partial charge >= 0.3 is 0 Å². The van der Waals surface area contributed by atoms with Crippen molar-refractivity contribution in [3.63, 3.8) is 0 Å². The summed E-state index contributed by atoms with van der Waals surface area (Å²) in [5.74, 6) is 0. The zero-order valence-corrected chi connectivity index (χ0v) is 10.9. The van der Waals surface area contributed by atoms with Crippen molar-refractivity contribution in [3.05, 3.63) is 32.9 Å². The van der Waals surface area contributed by atoms with Gasteiger partial charge in [-0.05, 0) is 47.2 Å². The van der Waals surface area contributed by atoms with Crippen LogP contribution in [0.3, 0.4) is 0 Å². The van der Waals surface area contributed by atoms with Crippen molar-refractivity contribution in [1.29, 1.82) is 0 Å². The van der Waals surface area contributed by atoms with E-state index in [2.05, 4.69) is 45.5 Å². The lowest BCUT2D eigenvalue weighted by Gasteiger charge is -1.92. The minimum absolute atomic E-state index is 0.956. The van der Waals surface area contributed by atoms with E-state index in [-0.39, 0.29) is 0 Å². The monoisotopic (exact) mass is 287 g/mol. The lowest BCUT2D eigenvalue weighted by Crippen LogP contribution is -2.02. The Kier molecular flexibility index (Phi) is 3.38. The zero-order chi connectivity index (χ0) is 9.97. The fourth-order valence-corrected chi connectivity index (χ4v) is 3.72. The minimum Gasteiger partial charge on any atom is -0.315 e. The molecule has 2 rings (SSSR count). The standard InChI is InChI=1S/C10H10BrNS2/c1-12-6-7-2-3-8(13-7)9-4-5-10(11)14-9/h2-5,12H,6H2,1H3. The maximum atomic E-state index is 3.48. The molecule has 0 atom stereocenters. The van der Waals surface area contributed by atoms with Crippen LogP contribution in [-0.2, 0) is 6.54 Å². The van der Waals surface area contributed by atoms with Crippen molar-refractivity contribution in [2.45, 2.75) is 6.54 Å². The first-order valence-electron chi connectivity index (χ1n) is 4.28. The van der Waals surface area contributed by atoms with Crippen LogP contribution in [0.1, 0.15) is 4.88 Å². The maximum absolute atomic E-state index is 3.48. The van der Waals surface area contributed by atoms with Gasteiger partial charge in [0.25, 0.3) is 0 Å². The molecule has 0 spiro atoms. The summed E-state index contributed by atoms with van der Waals surface area (Å²) in [5.41, 5.74) is 0. The van der Waals surface area contributed by atoms with Crippen molar-refractivity contribution < 1.29 is 0 Å². The number of hydrogen-bond acceptors (Lipinski definition) is 3. The third kappa shape index (κ3) is 2.25. The van der Waals surface area contributed by atoms with Gasteiger partial charge in [-0.25, -0.2) is 0 Å². The van der Waals surface area contributed by atoms with Gasteiger partial charge in [-0.2, -0.15) is 0 Å². The molecule has 0 aliphatic heterocycles. The van der Waals surface area contributed by atoms with Crippen LogP contribution in [0.25, 0.3) is 9.75 Å². The second kappa shape index (κ2) is 4.57. The lowest BCUT2D eigenvalue weighted by molar-refractivity contribution is 0.831. The molecule has 0 radical (unpaired) electrons. The fourth-order valence-electron chi connectivity index (χ4n) is 1.23. The molecule has 0 amide bonds. The van der Waals surface area contributed by atoms with Gasteiger partial charge in [-0.1, -0.05) is 0 Å². The Morgan fingerprint density at radius 1 is 1.14 bits per heavy atom. The molecular formula is C10H10BrNS2. The van der Waals surface area contributed by atoms with Crippen molar-refractivity contribution in [2.75, 3.05) is 7.05 Å². The van der Waals surface area contributed by atoms with E-state index in [1.807, 2.05) is 18.4 Å². The molecule has 0 aliphatic rings. The first kappa shape index (κ1) is 10.4. The number of hydrogen-bond donors (Lipinski definition) is 1. The molecule has 0 bridgehead atoms. The van der Waals surface area contributed by atoms with Crippen LogP contribution in [0.2, 0.25) is 0 Å². The molecule has 2 heterocycles. The van der Waals surface area contributed by atoms with E-state index < -0.39 is 0 Å². The van der Waals surface area contributed by atoms with Gasteiger partial charge in [0, 0.05) is 21.2 Å². The fraction of sp³-hybridized carbons (Fsp3) is 0.200. The molecule has 2 aromatic heterocycles. The number of halogens is 1. The van der Waals surface area contributed by atoms with Crippen molar-refractivity contribution >= 4 is 38.6 Å². The molecule has 1 nitrogen and oxygen atoms in total.